The van der Waals surface area contributed by atoms with Crippen LogP contribution in [0.25, 0.3) is 22.0 Å². The molecular weight excluding hydrogens is 424 g/mol. The molecule has 5 nitrogen and oxygen atoms in total. The number of aromatic nitrogens is 2. The Labute approximate surface area is 189 Å². The van der Waals surface area contributed by atoms with E-state index in [-0.39, 0.29) is 18.2 Å². The summed E-state index contributed by atoms with van der Waals surface area (Å²) in [4.78, 5) is 26.0. The fraction of sp³-hybridized carbons (Fsp3) is 0.192. The topological polar surface area (TPSA) is 64.0 Å². The van der Waals surface area contributed by atoms with Crippen LogP contribution < -0.4 is 10.9 Å². The standard InChI is InChI=1S/C26H23F2N3O2/c1-15(2)18-10-6-7-16(3)24(18)29-23(32)14-31-26(33)20-9-5-4-8-19(20)25(30-31)17-11-12-21(27)22(28)13-17/h4-13,15H,14H2,1-3H3,(H,29,32). The van der Waals surface area contributed by atoms with E-state index >= 15 is 0 Å². The minimum absolute atomic E-state index is 0.196. The lowest BCUT2D eigenvalue weighted by molar-refractivity contribution is -0.117. The fourth-order valence-corrected chi connectivity index (χ4v) is 3.86. The second-order valence-electron chi connectivity index (χ2n) is 8.23. The van der Waals surface area contributed by atoms with Crippen molar-refractivity contribution in [2.75, 3.05) is 5.32 Å². The van der Waals surface area contributed by atoms with Crippen LogP contribution in [0.4, 0.5) is 14.5 Å². The Bertz CT molecular complexity index is 1430. The Morgan fingerprint density at radius 1 is 1.00 bits per heavy atom. The van der Waals surface area contributed by atoms with Crippen molar-refractivity contribution in [3.05, 3.63) is 93.8 Å². The molecule has 4 rings (SSSR count). The number of fused-ring (bicyclic) bond motifs is 1. The Balaban J connectivity index is 1.76. The molecule has 0 aliphatic heterocycles. The smallest absolute Gasteiger partial charge is 0.275 e. The molecule has 0 aliphatic rings. The number of hydrogen-bond acceptors (Lipinski definition) is 3. The molecule has 0 bridgehead atoms. The van der Waals surface area contributed by atoms with Gasteiger partial charge in [0.05, 0.1) is 11.1 Å². The molecule has 1 N–H and O–H groups in total. The number of nitrogens with one attached hydrogen (secondary N) is 1. The largest absolute Gasteiger partial charge is 0.324 e. The zero-order valence-corrected chi connectivity index (χ0v) is 18.5. The molecule has 7 heteroatoms. The number of carbonyl (C=O) groups is 1. The van der Waals surface area contributed by atoms with Crippen LogP contribution >= 0.6 is 0 Å². The lowest BCUT2D eigenvalue weighted by Gasteiger charge is -2.17. The summed E-state index contributed by atoms with van der Waals surface area (Å²) in [5, 5.41) is 8.09. The first-order valence-electron chi connectivity index (χ1n) is 10.6. The number of benzene rings is 3. The maximum absolute atomic E-state index is 13.9. The summed E-state index contributed by atoms with van der Waals surface area (Å²) in [6.07, 6.45) is 0. The van der Waals surface area contributed by atoms with Crippen molar-refractivity contribution in [1.82, 2.24) is 9.78 Å². The minimum Gasteiger partial charge on any atom is -0.324 e. The predicted molar refractivity (Wildman–Crippen MR) is 125 cm³/mol. The van der Waals surface area contributed by atoms with Gasteiger partial charge in [0, 0.05) is 16.6 Å². The molecule has 1 amide bonds. The minimum atomic E-state index is -1.02. The van der Waals surface area contributed by atoms with Gasteiger partial charge in [-0.3, -0.25) is 9.59 Å². The van der Waals surface area contributed by atoms with Gasteiger partial charge < -0.3 is 5.32 Å². The highest BCUT2D eigenvalue weighted by molar-refractivity contribution is 5.95. The monoisotopic (exact) mass is 447 g/mol. The fourth-order valence-electron chi connectivity index (χ4n) is 3.86. The lowest BCUT2D eigenvalue weighted by Crippen LogP contribution is -2.30. The summed E-state index contributed by atoms with van der Waals surface area (Å²) in [5.74, 6) is -2.21. The van der Waals surface area contributed by atoms with Crippen molar-refractivity contribution < 1.29 is 13.6 Å². The molecule has 168 valence electrons. The van der Waals surface area contributed by atoms with E-state index in [9.17, 15) is 18.4 Å². The van der Waals surface area contributed by atoms with Crippen LogP contribution in [-0.4, -0.2) is 15.7 Å². The second kappa shape index (κ2) is 8.94. The van der Waals surface area contributed by atoms with E-state index in [4.69, 9.17) is 0 Å². The number of aryl methyl sites for hydroxylation is 1. The summed E-state index contributed by atoms with van der Waals surface area (Å²) >= 11 is 0. The van der Waals surface area contributed by atoms with Crippen molar-refractivity contribution in [3.8, 4) is 11.3 Å². The van der Waals surface area contributed by atoms with E-state index in [2.05, 4.69) is 10.4 Å². The Hall–Kier alpha value is -3.87. The van der Waals surface area contributed by atoms with Gasteiger partial charge in [-0.1, -0.05) is 50.2 Å². The molecule has 0 saturated heterocycles. The van der Waals surface area contributed by atoms with Gasteiger partial charge in [-0.05, 0) is 48.2 Å². The van der Waals surface area contributed by atoms with Crippen LogP contribution in [0.15, 0.2) is 65.5 Å². The first kappa shape index (κ1) is 22.3. The molecule has 0 fully saturated rings. The van der Waals surface area contributed by atoms with Gasteiger partial charge in [-0.25, -0.2) is 13.5 Å². The van der Waals surface area contributed by atoms with Crippen LogP contribution in [0.3, 0.4) is 0 Å². The summed E-state index contributed by atoms with van der Waals surface area (Å²) < 4.78 is 28.4. The van der Waals surface area contributed by atoms with E-state index in [1.165, 1.54) is 6.07 Å². The normalized spacial score (nSPS) is 11.2. The van der Waals surface area contributed by atoms with Crippen molar-refractivity contribution in [2.45, 2.75) is 33.2 Å². The van der Waals surface area contributed by atoms with Gasteiger partial charge in [-0.15, -0.1) is 0 Å². The molecule has 0 spiro atoms. The van der Waals surface area contributed by atoms with Gasteiger partial charge in [0.2, 0.25) is 5.91 Å². The number of hydrogen-bond donors (Lipinski definition) is 1. The Morgan fingerprint density at radius 2 is 1.73 bits per heavy atom. The molecule has 1 aromatic heterocycles. The first-order chi connectivity index (χ1) is 15.8. The zero-order valence-electron chi connectivity index (χ0n) is 18.5. The number of rotatable bonds is 5. The van der Waals surface area contributed by atoms with Gasteiger partial charge >= 0.3 is 0 Å². The van der Waals surface area contributed by atoms with E-state index in [0.29, 0.717) is 22.0 Å². The average molecular weight is 447 g/mol. The molecule has 0 atom stereocenters. The molecule has 3 aromatic carbocycles. The number of nitrogens with zero attached hydrogens (tertiary/aromatic N) is 2. The van der Waals surface area contributed by atoms with E-state index in [0.717, 1.165) is 27.9 Å². The van der Waals surface area contributed by atoms with Gasteiger partial charge in [-0.2, -0.15) is 5.10 Å². The summed E-state index contributed by atoms with van der Waals surface area (Å²) in [7, 11) is 0. The van der Waals surface area contributed by atoms with Crippen LogP contribution in [0, 0.1) is 18.6 Å². The molecule has 33 heavy (non-hydrogen) atoms. The van der Waals surface area contributed by atoms with E-state index < -0.39 is 23.1 Å². The third-order valence-corrected chi connectivity index (χ3v) is 5.55. The van der Waals surface area contributed by atoms with Crippen LogP contribution in [0.5, 0.6) is 0 Å². The maximum Gasteiger partial charge on any atom is 0.275 e. The van der Waals surface area contributed by atoms with E-state index in [1.54, 1.807) is 24.3 Å². The average Bonchev–Trinajstić information content (AvgIpc) is 2.79. The Morgan fingerprint density at radius 3 is 2.42 bits per heavy atom. The Kier molecular flexibility index (Phi) is 6.05. The first-order valence-corrected chi connectivity index (χ1v) is 10.6. The van der Waals surface area contributed by atoms with Crippen molar-refractivity contribution in [3.63, 3.8) is 0 Å². The zero-order chi connectivity index (χ0) is 23.7. The molecule has 1 heterocycles. The van der Waals surface area contributed by atoms with Gasteiger partial charge in [0.15, 0.2) is 11.6 Å². The van der Waals surface area contributed by atoms with Crippen molar-refractivity contribution in [2.24, 2.45) is 0 Å². The summed E-state index contributed by atoms with van der Waals surface area (Å²) in [5.41, 5.74) is 2.77. The van der Waals surface area contributed by atoms with Crippen LogP contribution in [0.2, 0.25) is 0 Å². The quantitative estimate of drug-likeness (QED) is 0.445. The molecule has 0 aliphatic carbocycles. The highest BCUT2D eigenvalue weighted by atomic mass is 19.2. The van der Waals surface area contributed by atoms with Crippen LogP contribution in [0.1, 0.15) is 30.9 Å². The number of anilines is 1. The summed E-state index contributed by atoms with van der Waals surface area (Å²) in [6.45, 7) is 5.65. The molecular formula is C26H23F2N3O2. The number of para-hydroxylation sites is 1. The summed E-state index contributed by atoms with van der Waals surface area (Å²) in [6, 6.07) is 16.0. The maximum atomic E-state index is 13.9. The number of carbonyl (C=O) groups excluding carboxylic acids is 1. The number of amides is 1. The predicted octanol–water partition coefficient (Wildman–Crippen LogP) is 5.41. The highest BCUT2D eigenvalue weighted by Crippen LogP contribution is 2.28. The second-order valence-corrected chi connectivity index (χ2v) is 8.23. The SMILES string of the molecule is Cc1cccc(C(C)C)c1NC(=O)Cn1nc(-c2ccc(F)c(F)c2)c2ccccc2c1=O. The molecule has 0 saturated carbocycles. The molecule has 0 radical (unpaired) electrons. The van der Waals surface area contributed by atoms with Crippen LogP contribution in [-0.2, 0) is 11.3 Å². The molecule has 4 aromatic rings. The van der Waals surface area contributed by atoms with Gasteiger partial charge in [0.1, 0.15) is 6.54 Å². The number of halogens is 2. The van der Waals surface area contributed by atoms with Gasteiger partial charge in [0.25, 0.3) is 5.56 Å². The third-order valence-electron chi connectivity index (χ3n) is 5.55. The lowest BCUT2D eigenvalue weighted by atomic mass is 9.98. The third kappa shape index (κ3) is 4.39. The van der Waals surface area contributed by atoms with Crippen molar-refractivity contribution >= 4 is 22.4 Å². The van der Waals surface area contributed by atoms with Crippen molar-refractivity contribution in [1.29, 1.82) is 0 Å². The van der Waals surface area contributed by atoms with E-state index in [1.807, 2.05) is 39.0 Å². The highest BCUT2D eigenvalue weighted by Gasteiger charge is 2.17. The molecule has 0 unspecified atom stereocenters.